The zero-order chi connectivity index (χ0) is 18.0. The number of carbonyl (C=O) groups excluding carboxylic acids is 1. The molecule has 1 aromatic carbocycles. The van der Waals surface area contributed by atoms with Gasteiger partial charge in [-0.3, -0.25) is 4.79 Å². The van der Waals surface area contributed by atoms with Crippen LogP contribution in [0.4, 0.5) is 8.78 Å². The van der Waals surface area contributed by atoms with Crippen molar-refractivity contribution in [3.63, 3.8) is 0 Å². The molecule has 2 saturated heterocycles. The molecule has 9 heteroatoms. The van der Waals surface area contributed by atoms with E-state index < -0.39 is 6.61 Å². The SMILES string of the molecule is Cl.O=C(CC1CC2CCC(C1)N2)NCc1cc(Cl)cc(Cl)c1OC(F)F. The van der Waals surface area contributed by atoms with Gasteiger partial charge in [-0.1, -0.05) is 23.2 Å². The molecule has 2 fully saturated rings. The van der Waals surface area contributed by atoms with Crippen molar-refractivity contribution in [2.24, 2.45) is 5.92 Å². The quantitative estimate of drug-likeness (QED) is 0.697. The van der Waals surface area contributed by atoms with Crippen LogP contribution >= 0.6 is 35.6 Å². The molecular formula is C17H21Cl3F2N2O2. The van der Waals surface area contributed by atoms with E-state index in [9.17, 15) is 13.6 Å². The number of nitrogens with one attached hydrogen (secondary N) is 2. The molecule has 2 bridgehead atoms. The molecule has 146 valence electrons. The van der Waals surface area contributed by atoms with Crippen LogP contribution in [0.5, 0.6) is 5.75 Å². The Labute approximate surface area is 167 Å². The molecule has 3 rings (SSSR count). The van der Waals surface area contributed by atoms with E-state index in [1.807, 2.05) is 0 Å². The Morgan fingerprint density at radius 3 is 2.54 bits per heavy atom. The number of alkyl halides is 2. The number of ether oxygens (including phenoxy) is 1. The fourth-order valence-electron chi connectivity index (χ4n) is 3.84. The third kappa shape index (κ3) is 5.59. The number of rotatable bonds is 6. The summed E-state index contributed by atoms with van der Waals surface area (Å²) in [6.45, 7) is -2.96. The fraction of sp³-hybridized carbons (Fsp3) is 0.588. The molecule has 2 atom stereocenters. The van der Waals surface area contributed by atoms with Crippen LogP contribution < -0.4 is 15.4 Å². The zero-order valence-electron chi connectivity index (χ0n) is 13.9. The van der Waals surface area contributed by atoms with E-state index in [1.54, 1.807) is 0 Å². The molecule has 4 nitrogen and oxygen atoms in total. The van der Waals surface area contributed by atoms with Crippen molar-refractivity contribution in [3.8, 4) is 5.75 Å². The van der Waals surface area contributed by atoms with Crippen LogP contribution in [-0.4, -0.2) is 24.6 Å². The van der Waals surface area contributed by atoms with Crippen LogP contribution in [0.3, 0.4) is 0 Å². The zero-order valence-corrected chi connectivity index (χ0v) is 16.3. The van der Waals surface area contributed by atoms with E-state index in [0.717, 1.165) is 12.8 Å². The molecule has 2 aliphatic heterocycles. The van der Waals surface area contributed by atoms with Gasteiger partial charge in [-0.2, -0.15) is 8.78 Å². The summed E-state index contributed by atoms with van der Waals surface area (Å²) in [4.78, 5) is 12.2. The predicted octanol–water partition coefficient (Wildman–Crippen LogP) is 4.55. The highest BCUT2D eigenvalue weighted by Crippen LogP contribution is 2.34. The van der Waals surface area contributed by atoms with E-state index >= 15 is 0 Å². The van der Waals surface area contributed by atoms with Crippen molar-refractivity contribution in [1.29, 1.82) is 0 Å². The van der Waals surface area contributed by atoms with Gasteiger partial charge >= 0.3 is 6.61 Å². The lowest BCUT2D eigenvalue weighted by Crippen LogP contribution is -2.39. The van der Waals surface area contributed by atoms with E-state index in [2.05, 4.69) is 15.4 Å². The minimum Gasteiger partial charge on any atom is -0.433 e. The number of hydrogen-bond donors (Lipinski definition) is 2. The van der Waals surface area contributed by atoms with Gasteiger partial charge in [0, 0.05) is 35.6 Å². The summed E-state index contributed by atoms with van der Waals surface area (Å²) in [5.41, 5.74) is 0.330. The molecule has 1 aromatic rings. The van der Waals surface area contributed by atoms with Crippen LogP contribution in [0, 0.1) is 5.92 Å². The molecule has 26 heavy (non-hydrogen) atoms. The molecule has 0 aromatic heterocycles. The molecule has 2 unspecified atom stereocenters. The minimum absolute atomic E-state index is 0. The van der Waals surface area contributed by atoms with Crippen molar-refractivity contribution >= 4 is 41.5 Å². The van der Waals surface area contributed by atoms with Gasteiger partial charge in [0.1, 0.15) is 5.75 Å². The van der Waals surface area contributed by atoms with Crippen LogP contribution in [0.25, 0.3) is 0 Å². The molecule has 0 aliphatic carbocycles. The highest BCUT2D eigenvalue weighted by Gasteiger charge is 2.34. The van der Waals surface area contributed by atoms with E-state index in [4.69, 9.17) is 23.2 Å². The summed E-state index contributed by atoms with van der Waals surface area (Å²) in [5, 5.41) is 6.59. The van der Waals surface area contributed by atoms with Crippen LogP contribution in [0.15, 0.2) is 12.1 Å². The molecule has 2 heterocycles. The summed E-state index contributed by atoms with van der Waals surface area (Å²) < 4.78 is 29.6. The number of amides is 1. The second kappa shape index (κ2) is 9.40. The fourth-order valence-corrected chi connectivity index (χ4v) is 4.42. The third-order valence-electron chi connectivity index (χ3n) is 4.81. The van der Waals surface area contributed by atoms with Gasteiger partial charge in [-0.25, -0.2) is 0 Å². The minimum atomic E-state index is -3.00. The first-order valence-electron chi connectivity index (χ1n) is 8.36. The molecule has 0 saturated carbocycles. The Kier molecular flexibility index (Phi) is 7.76. The van der Waals surface area contributed by atoms with E-state index in [1.165, 1.54) is 25.0 Å². The lowest BCUT2D eigenvalue weighted by Gasteiger charge is -2.28. The van der Waals surface area contributed by atoms with Gasteiger partial charge in [0.2, 0.25) is 5.91 Å². The number of benzene rings is 1. The van der Waals surface area contributed by atoms with E-state index in [0.29, 0.717) is 35.0 Å². The molecule has 2 N–H and O–H groups in total. The first kappa shape index (κ1) is 21.5. The van der Waals surface area contributed by atoms with Gasteiger partial charge in [-0.15, -0.1) is 12.4 Å². The summed E-state index contributed by atoms with van der Waals surface area (Å²) >= 11 is 11.8. The number of halogens is 5. The van der Waals surface area contributed by atoms with Gasteiger partial charge < -0.3 is 15.4 Å². The van der Waals surface area contributed by atoms with Crippen molar-refractivity contribution in [3.05, 3.63) is 27.7 Å². The molecule has 1 amide bonds. The Bertz CT molecular complexity index is 637. The van der Waals surface area contributed by atoms with Crippen LogP contribution in [-0.2, 0) is 11.3 Å². The maximum atomic E-state index is 12.6. The standard InChI is InChI=1S/C17H20Cl2F2N2O2.ClH/c18-11-6-10(16(14(19)7-11)25-17(20)21)8-22-15(24)5-9-3-12-1-2-13(4-9)23-12;/h6-7,9,12-13,17,23H,1-5,8H2,(H,22,24);1H. The molecule has 0 radical (unpaired) electrons. The molecular weight excluding hydrogens is 409 g/mol. The highest BCUT2D eigenvalue weighted by molar-refractivity contribution is 6.35. The largest absolute Gasteiger partial charge is 0.433 e. The second-order valence-corrected chi connectivity index (χ2v) is 7.55. The normalized spacial score (nSPS) is 24.3. The Morgan fingerprint density at radius 2 is 1.92 bits per heavy atom. The smallest absolute Gasteiger partial charge is 0.387 e. The average Bonchev–Trinajstić information content (AvgIpc) is 2.86. The lowest BCUT2D eigenvalue weighted by atomic mass is 9.89. The number of piperidine rings is 1. The van der Waals surface area contributed by atoms with Crippen molar-refractivity contribution in [2.45, 2.75) is 57.3 Å². The van der Waals surface area contributed by atoms with Crippen molar-refractivity contribution < 1.29 is 18.3 Å². The average molecular weight is 430 g/mol. The van der Waals surface area contributed by atoms with Crippen LogP contribution in [0.1, 0.15) is 37.7 Å². The Hall–Kier alpha value is -0.820. The number of carbonyl (C=O) groups is 1. The third-order valence-corrected chi connectivity index (χ3v) is 5.31. The van der Waals surface area contributed by atoms with Gasteiger partial charge in [0.05, 0.1) is 5.02 Å². The summed E-state index contributed by atoms with van der Waals surface area (Å²) in [6.07, 6.45) is 4.81. The first-order valence-corrected chi connectivity index (χ1v) is 9.11. The number of hydrogen-bond acceptors (Lipinski definition) is 3. The topological polar surface area (TPSA) is 50.4 Å². The van der Waals surface area contributed by atoms with Crippen molar-refractivity contribution in [1.82, 2.24) is 10.6 Å². The van der Waals surface area contributed by atoms with Gasteiger partial charge in [0.25, 0.3) is 0 Å². The lowest BCUT2D eigenvalue weighted by molar-refractivity contribution is -0.122. The monoisotopic (exact) mass is 428 g/mol. The van der Waals surface area contributed by atoms with Crippen LogP contribution in [0.2, 0.25) is 10.0 Å². The summed E-state index contributed by atoms with van der Waals surface area (Å²) in [6, 6.07) is 3.84. The maximum Gasteiger partial charge on any atom is 0.387 e. The number of fused-ring (bicyclic) bond motifs is 2. The van der Waals surface area contributed by atoms with Crippen molar-refractivity contribution in [2.75, 3.05) is 0 Å². The second-order valence-electron chi connectivity index (χ2n) is 6.71. The van der Waals surface area contributed by atoms with E-state index in [-0.39, 0.29) is 35.6 Å². The highest BCUT2D eigenvalue weighted by atomic mass is 35.5. The molecule has 0 spiro atoms. The first-order chi connectivity index (χ1) is 11.9. The Morgan fingerprint density at radius 1 is 1.27 bits per heavy atom. The molecule has 2 aliphatic rings. The van der Waals surface area contributed by atoms with Gasteiger partial charge in [0.15, 0.2) is 0 Å². The maximum absolute atomic E-state index is 12.6. The predicted molar refractivity (Wildman–Crippen MR) is 99.5 cm³/mol. The van der Waals surface area contributed by atoms with Gasteiger partial charge in [-0.05, 0) is 43.7 Å². The summed E-state index contributed by atoms with van der Waals surface area (Å²) in [7, 11) is 0. The summed E-state index contributed by atoms with van der Waals surface area (Å²) in [5.74, 6) is 0.102. The Balaban J connectivity index is 0.00000243.